The molecule has 2 aromatic heterocycles. The van der Waals surface area contributed by atoms with E-state index in [1.807, 2.05) is 55.6 Å². The number of hydrogen-bond acceptors (Lipinski definition) is 4. The highest BCUT2D eigenvalue weighted by atomic mass is 16.5. The van der Waals surface area contributed by atoms with E-state index in [2.05, 4.69) is 16.0 Å². The van der Waals surface area contributed by atoms with Gasteiger partial charge in [-0.3, -0.25) is 4.98 Å². The number of fused-ring (bicyclic) bond motifs is 1. The number of nitrogens with zero attached hydrogens (tertiary/aromatic N) is 1. The standard InChI is InChI=1S/C24H22N2O3/c1-3-29-24(27)17-7-4-6-16(12-17)13-21-20-10-9-19(28-2)14-22(20)26-23(21)18-8-5-11-25-15-18/h4-12,14-15,26H,3,13H2,1-2H3. The Morgan fingerprint density at radius 2 is 2.00 bits per heavy atom. The fourth-order valence-electron chi connectivity index (χ4n) is 3.53. The summed E-state index contributed by atoms with van der Waals surface area (Å²) in [5, 5.41) is 1.12. The van der Waals surface area contributed by atoms with Crippen molar-refractivity contribution in [3.8, 4) is 17.0 Å². The van der Waals surface area contributed by atoms with E-state index in [1.165, 1.54) is 0 Å². The summed E-state index contributed by atoms with van der Waals surface area (Å²) >= 11 is 0. The van der Waals surface area contributed by atoms with Gasteiger partial charge in [0.25, 0.3) is 0 Å². The van der Waals surface area contributed by atoms with Crippen LogP contribution in [0.4, 0.5) is 0 Å². The number of ether oxygens (including phenoxy) is 2. The zero-order valence-electron chi connectivity index (χ0n) is 16.4. The number of esters is 1. The Morgan fingerprint density at radius 1 is 1.10 bits per heavy atom. The summed E-state index contributed by atoms with van der Waals surface area (Å²) in [5.74, 6) is 0.498. The van der Waals surface area contributed by atoms with Crippen molar-refractivity contribution >= 4 is 16.9 Å². The molecule has 4 aromatic rings. The predicted octanol–water partition coefficient (Wildman–Crippen LogP) is 5.01. The maximum absolute atomic E-state index is 12.1. The summed E-state index contributed by atoms with van der Waals surface area (Å²) in [6, 6.07) is 17.6. The predicted molar refractivity (Wildman–Crippen MR) is 113 cm³/mol. The van der Waals surface area contributed by atoms with E-state index in [0.717, 1.165) is 39.0 Å². The molecule has 0 unspecified atom stereocenters. The molecule has 0 atom stereocenters. The fraction of sp³-hybridized carbons (Fsp3) is 0.167. The first kappa shape index (κ1) is 18.7. The topological polar surface area (TPSA) is 64.2 Å². The van der Waals surface area contributed by atoms with E-state index in [0.29, 0.717) is 18.6 Å². The van der Waals surface area contributed by atoms with Crippen LogP contribution in [0.15, 0.2) is 67.0 Å². The second-order valence-corrected chi connectivity index (χ2v) is 6.73. The van der Waals surface area contributed by atoms with Crippen molar-refractivity contribution < 1.29 is 14.3 Å². The summed E-state index contributed by atoms with van der Waals surface area (Å²) in [4.78, 5) is 19.9. The van der Waals surface area contributed by atoms with Crippen molar-refractivity contribution in [3.05, 3.63) is 83.7 Å². The van der Waals surface area contributed by atoms with Crippen LogP contribution in [0.1, 0.15) is 28.4 Å². The lowest BCUT2D eigenvalue weighted by Crippen LogP contribution is -2.05. The minimum atomic E-state index is -0.300. The Labute approximate surface area is 169 Å². The number of hydrogen-bond donors (Lipinski definition) is 1. The molecule has 0 saturated carbocycles. The van der Waals surface area contributed by atoms with Gasteiger partial charge in [-0.25, -0.2) is 4.79 Å². The molecule has 0 aliphatic heterocycles. The number of aromatic amines is 1. The maximum Gasteiger partial charge on any atom is 0.338 e. The fourth-order valence-corrected chi connectivity index (χ4v) is 3.53. The first-order valence-electron chi connectivity index (χ1n) is 9.54. The van der Waals surface area contributed by atoms with Gasteiger partial charge in [0.15, 0.2) is 0 Å². The van der Waals surface area contributed by atoms with Crippen molar-refractivity contribution in [2.75, 3.05) is 13.7 Å². The van der Waals surface area contributed by atoms with Crippen LogP contribution in [-0.4, -0.2) is 29.7 Å². The molecular weight excluding hydrogens is 364 g/mol. The molecule has 5 nitrogen and oxygen atoms in total. The van der Waals surface area contributed by atoms with E-state index >= 15 is 0 Å². The molecule has 4 rings (SSSR count). The first-order valence-corrected chi connectivity index (χ1v) is 9.54. The summed E-state index contributed by atoms with van der Waals surface area (Å²) < 4.78 is 10.5. The van der Waals surface area contributed by atoms with Gasteiger partial charge in [0, 0.05) is 41.3 Å². The summed E-state index contributed by atoms with van der Waals surface area (Å²) in [6.45, 7) is 2.17. The highest BCUT2D eigenvalue weighted by molar-refractivity contribution is 5.92. The molecule has 1 N–H and O–H groups in total. The molecule has 0 aliphatic carbocycles. The first-order chi connectivity index (χ1) is 14.2. The van der Waals surface area contributed by atoms with Crippen molar-refractivity contribution in [1.82, 2.24) is 9.97 Å². The minimum absolute atomic E-state index is 0.300. The second-order valence-electron chi connectivity index (χ2n) is 6.73. The van der Waals surface area contributed by atoms with Gasteiger partial charge in [-0.1, -0.05) is 12.1 Å². The van der Waals surface area contributed by atoms with Gasteiger partial charge in [-0.2, -0.15) is 0 Å². The third-order valence-corrected chi connectivity index (χ3v) is 4.88. The van der Waals surface area contributed by atoms with Crippen molar-refractivity contribution in [2.24, 2.45) is 0 Å². The normalized spacial score (nSPS) is 10.8. The average molecular weight is 386 g/mol. The Kier molecular flexibility index (Phi) is 5.29. The number of pyridine rings is 1. The highest BCUT2D eigenvalue weighted by Crippen LogP contribution is 2.33. The number of carbonyl (C=O) groups excluding carboxylic acids is 1. The molecule has 2 aromatic carbocycles. The molecule has 0 radical (unpaired) electrons. The monoisotopic (exact) mass is 386 g/mol. The number of benzene rings is 2. The number of methoxy groups -OCH3 is 1. The van der Waals surface area contributed by atoms with E-state index in [-0.39, 0.29) is 5.97 Å². The molecule has 0 saturated heterocycles. The van der Waals surface area contributed by atoms with Crippen LogP contribution in [0.5, 0.6) is 5.75 Å². The van der Waals surface area contributed by atoms with Gasteiger partial charge in [0.2, 0.25) is 0 Å². The van der Waals surface area contributed by atoms with Gasteiger partial charge in [-0.05, 0) is 54.4 Å². The van der Waals surface area contributed by atoms with E-state index in [1.54, 1.807) is 19.4 Å². The lowest BCUT2D eigenvalue weighted by atomic mass is 9.98. The quantitative estimate of drug-likeness (QED) is 0.473. The third-order valence-electron chi connectivity index (χ3n) is 4.88. The number of H-pyrrole nitrogens is 1. The molecular formula is C24H22N2O3. The van der Waals surface area contributed by atoms with Crippen LogP contribution in [0.2, 0.25) is 0 Å². The summed E-state index contributed by atoms with van der Waals surface area (Å²) in [6.07, 6.45) is 4.28. The Bertz CT molecular complexity index is 1150. The molecule has 29 heavy (non-hydrogen) atoms. The molecule has 146 valence electrons. The highest BCUT2D eigenvalue weighted by Gasteiger charge is 2.16. The van der Waals surface area contributed by atoms with E-state index in [9.17, 15) is 4.79 Å². The minimum Gasteiger partial charge on any atom is -0.497 e. The van der Waals surface area contributed by atoms with Gasteiger partial charge in [-0.15, -0.1) is 0 Å². The lowest BCUT2D eigenvalue weighted by Gasteiger charge is -2.08. The Hall–Kier alpha value is -3.60. The Balaban J connectivity index is 1.80. The largest absolute Gasteiger partial charge is 0.497 e. The molecule has 0 bridgehead atoms. The van der Waals surface area contributed by atoms with Crippen molar-refractivity contribution in [3.63, 3.8) is 0 Å². The second kappa shape index (κ2) is 8.19. The van der Waals surface area contributed by atoms with Crippen LogP contribution < -0.4 is 4.74 Å². The molecule has 0 fully saturated rings. The number of rotatable bonds is 6. The number of carbonyl (C=O) groups is 1. The van der Waals surface area contributed by atoms with Gasteiger partial charge < -0.3 is 14.5 Å². The number of aromatic nitrogens is 2. The molecule has 2 heterocycles. The number of nitrogens with one attached hydrogen (secondary N) is 1. The average Bonchev–Trinajstić information content (AvgIpc) is 3.12. The van der Waals surface area contributed by atoms with Crippen LogP contribution in [0.25, 0.3) is 22.2 Å². The Morgan fingerprint density at radius 3 is 2.76 bits per heavy atom. The molecule has 5 heteroatoms. The van der Waals surface area contributed by atoms with Crippen LogP contribution in [0.3, 0.4) is 0 Å². The van der Waals surface area contributed by atoms with Crippen LogP contribution >= 0.6 is 0 Å². The SMILES string of the molecule is CCOC(=O)c1cccc(Cc2c(-c3cccnc3)[nH]c3cc(OC)ccc23)c1. The smallest absolute Gasteiger partial charge is 0.338 e. The van der Waals surface area contributed by atoms with Crippen LogP contribution in [-0.2, 0) is 11.2 Å². The van der Waals surface area contributed by atoms with Crippen LogP contribution in [0, 0.1) is 0 Å². The lowest BCUT2D eigenvalue weighted by molar-refractivity contribution is 0.0526. The van der Waals surface area contributed by atoms with Crippen molar-refractivity contribution in [2.45, 2.75) is 13.3 Å². The van der Waals surface area contributed by atoms with Gasteiger partial charge >= 0.3 is 5.97 Å². The van der Waals surface area contributed by atoms with Gasteiger partial charge in [0.1, 0.15) is 5.75 Å². The van der Waals surface area contributed by atoms with Gasteiger partial charge in [0.05, 0.1) is 25.0 Å². The molecule has 0 amide bonds. The molecule has 0 aliphatic rings. The zero-order chi connectivity index (χ0) is 20.2. The van der Waals surface area contributed by atoms with E-state index in [4.69, 9.17) is 9.47 Å². The van der Waals surface area contributed by atoms with Crippen molar-refractivity contribution in [1.29, 1.82) is 0 Å². The summed E-state index contributed by atoms with van der Waals surface area (Å²) in [7, 11) is 1.66. The summed E-state index contributed by atoms with van der Waals surface area (Å²) in [5.41, 5.74) is 5.78. The third kappa shape index (κ3) is 3.85. The zero-order valence-corrected chi connectivity index (χ0v) is 16.4. The molecule has 0 spiro atoms. The van der Waals surface area contributed by atoms with E-state index < -0.39 is 0 Å². The maximum atomic E-state index is 12.1.